The fourth-order valence-corrected chi connectivity index (χ4v) is 4.99. The summed E-state index contributed by atoms with van der Waals surface area (Å²) in [4.78, 5) is 0.286. The van der Waals surface area contributed by atoms with Crippen molar-refractivity contribution in [2.45, 2.75) is 10.6 Å². The summed E-state index contributed by atoms with van der Waals surface area (Å²) in [5.41, 5.74) is 1.12. The summed E-state index contributed by atoms with van der Waals surface area (Å²) in [5, 5.41) is 0.552. The summed E-state index contributed by atoms with van der Waals surface area (Å²) in [5.74, 6) is 0.675. The van der Waals surface area contributed by atoms with Gasteiger partial charge in [-0.25, -0.2) is 8.42 Å². The Bertz CT molecular complexity index is 688. The maximum Gasteiger partial charge on any atom is 0.187 e. The predicted octanol–water partition coefficient (Wildman–Crippen LogP) is 4.77. The van der Waals surface area contributed by atoms with Crippen LogP contribution in [-0.2, 0) is 15.6 Å². The van der Waals surface area contributed by atoms with Crippen LogP contribution < -0.4 is 0 Å². The first-order valence-electron chi connectivity index (χ1n) is 5.78. The molecule has 0 unspecified atom stereocenters. The first-order valence-corrected chi connectivity index (χ1v) is 9.76. The number of rotatable bonds is 5. The van der Waals surface area contributed by atoms with Gasteiger partial charge in [-0.1, -0.05) is 41.9 Å². The normalized spacial score (nSPS) is 11.5. The van der Waals surface area contributed by atoms with E-state index in [0.717, 1.165) is 5.56 Å². The first-order chi connectivity index (χ1) is 9.49. The van der Waals surface area contributed by atoms with Gasteiger partial charge >= 0.3 is 0 Å². The molecule has 0 spiro atoms. The molecule has 0 aromatic heterocycles. The molecule has 2 nitrogen and oxygen atoms in total. The Morgan fingerprint density at radius 2 is 1.80 bits per heavy atom. The third-order valence-electron chi connectivity index (χ3n) is 2.60. The van der Waals surface area contributed by atoms with E-state index in [9.17, 15) is 8.42 Å². The third-order valence-corrected chi connectivity index (χ3v) is 7.23. The van der Waals surface area contributed by atoms with Crippen LogP contribution in [-0.4, -0.2) is 13.5 Å². The molecule has 0 atom stereocenters. The van der Waals surface area contributed by atoms with E-state index in [0.29, 0.717) is 15.2 Å². The average molecular weight is 392 g/mol. The van der Waals surface area contributed by atoms with Crippen molar-refractivity contribution in [1.82, 2.24) is 0 Å². The standard InChI is InChI=1S/C14H12BrClO2S2/c15-13-8-12(6-7-14(13)16)20(17,18)10-19-9-11-4-2-1-3-5-11/h1-8H,9-10H2. The van der Waals surface area contributed by atoms with Crippen LogP contribution in [0.2, 0.25) is 5.02 Å². The van der Waals surface area contributed by atoms with Crippen LogP contribution in [0.1, 0.15) is 5.56 Å². The molecule has 0 fully saturated rings. The second-order valence-corrected chi connectivity index (χ2v) is 8.74. The lowest BCUT2D eigenvalue weighted by Gasteiger charge is -2.06. The van der Waals surface area contributed by atoms with E-state index in [1.807, 2.05) is 30.3 Å². The Balaban J connectivity index is 2.02. The van der Waals surface area contributed by atoms with E-state index >= 15 is 0 Å². The Kier molecular flexibility index (Phi) is 5.55. The Morgan fingerprint density at radius 1 is 1.10 bits per heavy atom. The molecule has 2 rings (SSSR count). The van der Waals surface area contributed by atoms with E-state index < -0.39 is 9.84 Å². The highest BCUT2D eigenvalue weighted by atomic mass is 79.9. The van der Waals surface area contributed by atoms with Gasteiger partial charge in [0.1, 0.15) is 5.08 Å². The van der Waals surface area contributed by atoms with E-state index in [-0.39, 0.29) is 9.98 Å². The van der Waals surface area contributed by atoms with Crippen molar-refractivity contribution in [2.75, 3.05) is 5.08 Å². The van der Waals surface area contributed by atoms with Gasteiger partial charge in [-0.2, -0.15) is 0 Å². The molecule has 2 aromatic carbocycles. The number of hydrogen-bond acceptors (Lipinski definition) is 3. The SMILES string of the molecule is O=S(=O)(CSCc1ccccc1)c1ccc(Cl)c(Br)c1. The zero-order valence-corrected chi connectivity index (χ0v) is 14.4. The van der Waals surface area contributed by atoms with Gasteiger partial charge in [-0.05, 0) is 39.7 Å². The van der Waals surface area contributed by atoms with Crippen LogP contribution in [0.25, 0.3) is 0 Å². The molecule has 0 saturated heterocycles. The van der Waals surface area contributed by atoms with Crippen LogP contribution in [0.4, 0.5) is 0 Å². The van der Waals surface area contributed by atoms with Crippen LogP contribution in [0.5, 0.6) is 0 Å². The third kappa shape index (κ3) is 4.25. The van der Waals surface area contributed by atoms with Crippen LogP contribution in [0.15, 0.2) is 57.9 Å². The topological polar surface area (TPSA) is 34.1 Å². The summed E-state index contributed by atoms with van der Waals surface area (Å²) in [7, 11) is -3.30. The Morgan fingerprint density at radius 3 is 2.45 bits per heavy atom. The van der Waals surface area contributed by atoms with Gasteiger partial charge in [0.25, 0.3) is 0 Å². The summed E-state index contributed by atoms with van der Waals surface area (Å²) in [6, 6.07) is 14.5. The quantitative estimate of drug-likeness (QED) is 0.736. The molecular formula is C14H12BrClO2S2. The maximum atomic E-state index is 12.2. The molecule has 0 radical (unpaired) electrons. The van der Waals surface area contributed by atoms with Gasteiger partial charge in [0.05, 0.1) is 9.92 Å². The molecule has 0 saturated carbocycles. The van der Waals surface area contributed by atoms with Gasteiger partial charge in [0, 0.05) is 10.2 Å². The van der Waals surface area contributed by atoms with Gasteiger partial charge < -0.3 is 0 Å². The molecule has 0 bridgehead atoms. The van der Waals surface area contributed by atoms with Crippen molar-refractivity contribution in [1.29, 1.82) is 0 Å². The summed E-state index contributed by atoms with van der Waals surface area (Å²) in [6.45, 7) is 0. The smallest absolute Gasteiger partial charge is 0.187 e. The molecule has 106 valence electrons. The highest BCUT2D eigenvalue weighted by Gasteiger charge is 2.15. The number of halogens is 2. The molecule has 20 heavy (non-hydrogen) atoms. The maximum absolute atomic E-state index is 12.2. The van der Waals surface area contributed by atoms with E-state index in [1.165, 1.54) is 17.8 Å². The fourth-order valence-electron chi connectivity index (χ4n) is 1.58. The monoisotopic (exact) mass is 390 g/mol. The number of thioether (sulfide) groups is 1. The zero-order valence-electron chi connectivity index (χ0n) is 10.4. The fraction of sp³-hybridized carbons (Fsp3) is 0.143. The molecule has 6 heteroatoms. The average Bonchev–Trinajstić information content (AvgIpc) is 2.43. The van der Waals surface area contributed by atoms with E-state index in [1.54, 1.807) is 12.1 Å². The van der Waals surface area contributed by atoms with Gasteiger partial charge in [-0.15, -0.1) is 11.8 Å². The Hall–Kier alpha value is -0.490. The molecular weight excluding hydrogens is 380 g/mol. The van der Waals surface area contributed by atoms with Gasteiger partial charge in [0.2, 0.25) is 0 Å². The number of sulfone groups is 1. The predicted molar refractivity (Wildman–Crippen MR) is 88.9 cm³/mol. The van der Waals surface area contributed by atoms with E-state index in [4.69, 9.17) is 11.6 Å². The molecule has 2 aromatic rings. The Labute approximate surface area is 136 Å². The van der Waals surface area contributed by atoms with Crippen molar-refractivity contribution in [3.05, 3.63) is 63.6 Å². The highest BCUT2D eigenvalue weighted by molar-refractivity contribution is 9.10. The lowest BCUT2D eigenvalue weighted by atomic mass is 10.2. The number of benzene rings is 2. The lowest BCUT2D eigenvalue weighted by molar-refractivity contribution is 0.600. The van der Waals surface area contributed by atoms with Crippen molar-refractivity contribution >= 4 is 49.1 Å². The van der Waals surface area contributed by atoms with Crippen LogP contribution >= 0.6 is 39.3 Å². The second-order valence-electron chi connectivity index (χ2n) is 4.14. The molecule has 0 amide bonds. The molecule has 0 N–H and O–H groups in total. The summed E-state index contributed by atoms with van der Waals surface area (Å²) in [6.07, 6.45) is 0. The molecule has 0 heterocycles. The summed E-state index contributed by atoms with van der Waals surface area (Å²) >= 11 is 10.5. The molecule has 0 aliphatic heterocycles. The van der Waals surface area contributed by atoms with Crippen LogP contribution in [0, 0.1) is 0 Å². The minimum Gasteiger partial charge on any atom is -0.223 e. The van der Waals surface area contributed by atoms with Gasteiger partial charge in [-0.3, -0.25) is 0 Å². The van der Waals surface area contributed by atoms with Crippen molar-refractivity contribution in [3.8, 4) is 0 Å². The molecule has 0 aliphatic carbocycles. The largest absolute Gasteiger partial charge is 0.223 e. The molecule has 0 aliphatic rings. The first kappa shape index (κ1) is 15.9. The lowest BCUT2D eigenvalue weighted by Crippen LogP contribution is -2.04. The van der Waals surface area contributed by atoms with Crippen molar-refractivity contribution < 1.29 is 8.42 Å². The van der Waals surface area contributed by atoms with Gasteiger partial charge in [0.15, 0.2) is 9.84 Å². The van der Waals surface area contributed by atoms with E-state index in [2.05, 4.69) is 15.9 Å². The zero-order chi connectivity index (χ0) is 14.6. The minimum absolute atomic E-state index is 0.0516. The number of hydrogen-bond donors (Lipinski definition) is 0. The second kappa shape index (κ2) is 6.98. The van der Waals surface area contributed by atoms with Crippen LogP contribution in [0.3, 0.4) is 0 Å². The van der Waals surface area contributed by atoms with Crippen molar-refractivity contribution in [3.63, 3.8) is 0 Å². The highest BCUT2D eigenvalue weighted by Crippen LogP contribution is 2.27. The minimum atomic E-state index is -3.30. The van der Waals surface area contributed by atoms with Crippen molar-refractivity contribution in [2.24, 2.45) is 0 Å². The summed E-state index contributed by atoms with van der Waals surface area (Å²) < 4.78 is 25.0.